The number of aliphatic hydroxyl groups is 1. The van der Waals surface area contributed by atoms with Gasteiger partial charge in [-0.25, -0.2) is 9.69 Å². The molecule has 2 saturated heterocycles. The lowest BCUT2D eigenvalue weighted by Crippen LogP contribution is -2.59. The van der Waals surface area contributed by atoms with Gasteiger partial charge < -0.3 is 20.5 Å². The van der Waals surface area contributed by atoms with E-state index in [4.69, 9.17) is 4.74 Å². The second-order valence-electron chi connectivity index (χ2n) is 11.7. The minimum absolute atomic E-state index is 0.0381. The molecule has 248 valence electrons. The number of carbonyl (C=O) groups excluding carboxylic acids is 2. The molecular formula is C30H37F6N5O4. The first-order valence-electron chi connectivity index (χ1n) is 14.6. The number of carbonyl (C=O) groups is 2. The van der Waals surface area contributed by atoms with Crippen molar-refractivity contribution in [3.05, 3.63) is 58.9 Å². The van der Waals surface area contributed by atoms with Gasteiger partial charge in [0.15, 0.2) is 0 Å². The van der Waals surface area contributed by atoms with Crippen molar-refractivity contribution in [1.29, 1.82) is 0 Å². The molecule has 3 amide bonds. The number of imide groups is 1. The number of ether oxygens (including phenoxy) is 1. The van der Waals surface area contributed by atoms with E-state index in [2.05, 4.69) is 15.6 Å². The summed E-state index contributed by atoms with van der Waals surface area (Å²) in [7, 11) is 0. The first-order chi connectivity index (χ1) is 20.9. The normalized spacial score (nSPS) is 22.6. The van der Waals surface area contributed by atoms with Crippen molar-refractivity contribution in [3.8, 4) is 5.75 Å². The lowest BCUT2D eigenvalue weighted by atomic mass is 9.83. The highest BCUT2D eigenvalue weighted by Gasteiger charge is 2.73. The van der Waals surface area contributed by atoms with Gasteiger partial charge in [0.1, 0.15) is 11.3 Å². The minimum atomic E-state index is -6.13. The number of nitrogens with one attached hydrogen (secondary N) is 2. The highest BCUT2D eigenvalue weighted by atomic mass is 19.4. The second kappa shape index (κ2) is 12.4. The van der Waals surface area contributed by atoms with E-state index in [1.807, 2.05) is 13.8 Å². The van der Waals surface area contributed by atoms with Gasteiger partial charge in [-0.3, -0.25) is 14.7 Å². The highest BCUT2D eigenvalue weighted by Crippen LogP contribution is 2.53. The number of aryl methyl sites for hydroxylation is 1. The Bertz CT molecular complexity index is 1390. The molecule has 0 aliphatic carbocycles. The van der Waals surface area contributed by atoms with Crippen LogP contribution >= 0.6 is 0 Å². The molecule has 9 nitrogen and oxygen atoms in total. The van der Waals surface area contributed by atoms with Crippen molar-refractivity contribution < 1.29 is 45.8 Å². The molecule has 3 atom stereocenters. The molecule has 45 heavy (non-hydrogen) atoms. The van der Waals surface area contributed by atoms with Crippen LogP contribution in [-0.2, 0) is 22.4 Å². The smallest absolute Gasteiger partial charge is 0.430 e. The molecule has 1 aromatic heterocycles. The summed E-state index contributed by atoms with van der Waals surface area (Å²) in [5.74, 6) is -0.112. The van der Waals surface area contributed by atoms with Gasteiger partial charge >= 0.3 is 18.4 Å². The molecule has 0 radical (unpaired) electrons. The standard InChI is InChI=1S/C30H37F6N5O4/c1-6-7-19-12-13-38-24(23(19)28(44,29(31,32)33)30(34,35)36)22-16-37-14-15-40(22)18(4)41-25(42)27(5,39-26(41)43)20-8-10-21(11-9-20)45-17(2)3/h8-13,17-18,22,37,44H,6-7,14-16H2,1-5H3,(H,39,43). The van der Waals surface area contributed by atoms with Crippen LogP contribution in [0.25, 0.3) is 0 Å². The molecule has 4 rings (SSSR count). The van der Waals surface area contributed by atoms with Crippen LogP contribution in [-0.4, -0.2) is 76.1 Å². The van der Waals surface area contributed by atoms with Crippen LogP contribution in [0, 0.1) is 0 Å². The quantitative estimate of drug-likeness (QED) is 0.263. The summed E-state index contributed by atoms with van der Waals surface area (Å²) in [6, 6.07) is 5.52. The molecular weight excluding hydrogens is 608 g/mol. The molecule has 2 fully saturated rings. The summed E-state index contributed by atoms with van der Waals surface area (Å²) in [6.07, 6.45) is -12.4. The van der Waals surface area contributed by atoms with E-state index in [9.17, 15) is 41.0 Å². The zero-order valence-corrected chi connectivity index (χ0v) is 25.5. The lowest BCUT2D eigenvalue weighted by Gasteiger charge is -2.44. The number of pyridine rings is 1. The number of rotatable bonds is 9. The summed E-state index contributed by atoms with van der Waals surface area (Å²) in [4.78, 5) is 33.5. The Kier molecular flexibility index (Phi) is 9.49. The van der Waals surface area contributed by atoms with Gasteiger partial charge in [-0.2, -0.15) is 26.3 Å². The molecule has 0 saturated carbocycles. The van der Waals surface area contributed by atoms with Crippen LogP contribution in [0.3, 0.4) is 0 Å². The van der Waals surface area contributed by atoms with E-state index in [1.54, 1.807) is 31.2 Å². The Labute approximate surface area is 256 Å². The van der Waals surface area contributed by atoms with E-state index < -0.39 is 58.9 Å². The Morgan fingerprint density at radius 3 is 2.24 bits per heavy atom. The highest BCUT2D eigenvalue weighted by molar-refractivity contribution is 6.07. The predicted molar refractivity (Wildman–Crippen MR) is 151 cm³/mol. The average molecular weight is 646 g/mol. The van der Waals surface area contributed by atoms with E-state index >= 15 is 0 Å². The zero-order chi connectivity index (χ0) is 33.5. The number of aromatic nitrogens is 1. The van der Waals surface area contributed by atoms with Crippen molar-refractivity contribution in [3.63, 3.8) is 0 Å². The molecule has 3 N–H and O–H groups in total. The van der Waals surface area contributed by atoms with Gasteiger partial charge in [0, 0.05) is 31.4 Å². The van der Waals surface area contributed by atoms with Crippen LogP contribution < -0.4 is 15.4 Å². The molecule has 2 aromatic rings. The number of piperazine rings is 1. The summed E-state index contributed by atoms with van der Waals surface area (Å²) in [5, 5.41) is 16.2. The fourth-order valence-electron chi connectivity index (χ4n) is 6.02. The van der Waals surface area contributed by atoms with Crippen LogP contribution in [0.4, 0.5) is 31.1 Å². The Balaban J connectivity index is 1.76. The zero-order valence-electron chi connectivity index (χ0n) is 25.5. The fraction of sp³-hybridized carbons (Fsp3) is 0.567. The number of benzene rings is 1. The molecule has 3 unspecified atom stereocenters. The maximum absolute atomic E-state index is 14.3. The third kappa shape index (κ3) is 6.09. The minimum Gasteiger partial charge on any atom is -0.491 e. The molecule has 15 heteroatoms. The van der Waals surface area contributed by atoms with Crippen molar-refractivity contribution in [2.24, 2.45) is 0 Å². The number of halogens is 6. The van der Waals surface area contributed by atoms with E-state index in [-0.39, 0.29) is 44.1 Å². The Hall–Kier alpha value is -3.43. The fourth-order valence-corrected chi connectivity index (χ4v) is 6.02. The van der Waals surface area contributed by atoms with Gasteiger partial charge in [0.2, 0.25) is 0 Å². The van der Waals surface area contributed by atoms with E-state index in [0.29, 0.717) is 11.3 Å². The molecule has 3 heterocycles. The number of hydrogen-bond acceptors (Lipinski definition) is 7. The van der Waals surface area contributed by atoms with Crippen molar-refractivity contribution in [1.82, 2.24) is 25.4 Å². The second-order valence-corrected chi connectivity index (χ2v) is 11.7. The summed E-state index contributed by atoms with van der Waals surface area (Å²) >= 11 is 0. The summed E-state index contributed by atoms with van der Waals surface area (Å²) in [6.45, 7) is 8.39. The Morgan fingerprint density at radius 1 is 1.07 bits per heavy atom. The summed E-state index contributed by atoms with van der Waals surface area (Å²) in [5.41, 5.74) is -8.67. The number of amides is 3. The Morgan fingerprint density at radius 2 is 1.69 bits per heavy atom. The van der Waals surface area contributed by atoms with Gasteiger partial charge in [-0.05, 0) is 63.4 Å². The van der Waals surface area contributed by atoms with Gasteiger partial charge in [-0.1, -0.05) is 25.5 Å². The number of urea groups is 1. The molecule has 1 aromatic carbocycles. The third-order valence-electron chi connectivity index (χ3n) is 8.25. The molecule has 2 aliphatic heterocycles. The van der Waals surface area contributed by atoms with Crippen molar-refractivity contribution in [2.75, 3.05) is 19.6 Å². The van der Waals surface area contributed by atoms with E-state index in [1.165, 1.54) is 18.7 Å². The largest absolute Gasteiger partial charge is 0.491 e. The van der Waals surface area contributed by atoms with E-state index in [0.717, 1.165) is 17.2 Å². The third-order valence-corrected chi connectivity index (χ3v) is 8.25. The SMILES string of the molecule is CCCc1ccnc(C2CNCCN2C(C)N2C(=O)NC(C)(c3ccc(OC(C)C)cc3)C2=O)c1C(O)(C(F)(F)F)C(F)(F)F. The first kappa shape index (κ1) is 34.4. The van der Waals surface area contributed by atoms with Gasteiger partial charge in [0.05, 0.1) is 24.0 Å². The molecule has 0 spiro atoms. The van der Waals surface area contributed by atoms with Crippen molar-refractivity contribution >= 4 is 11.9 Å². The van der Waals surface area contributed by atoms with Crippen molar-refractivity contribution in [2.45, 2.75) is 89.3 Å². The van der Waals surface area contributed by atoms with Crippen LogP contribution in [0.2, 0.25) is 0 Å². The molecule has 0 bridgehead atoms. The monoisotopic (exact) mass is 645 g/mol. The first-order valence-corrected chi connectivity index (χ1v) is 14.6. The van der Waals surface area contributed by atoms with Crippen LogP contribution in [0.15, 0.2) is 36.5 Å². The number of alkyl halides is 6. The maximum Gasteiger partial charge on any atom is 0.430 e. The predicted octanol–water partition coefficient (Wildman–Crippen LogP) is 4.89. The topological polar surface area (TPSA) is 107 Å². The maximum atomic E-state index is 14.3. The summed E-state index contributed by atoms with van der Waals surface area (Å²) < 4.78 is 91.1. The average Bonchev–Trinajstić information content (AvgIpc) is 3.19. The molecule has 2 aliphatic rings. The van der Waals surface area contributed by atoms with Gasteiger partial charge in [-0.15, -0.1) is 0 Å². The van der Waals surface area contributed by atoms with Crippen LogP contribution in [0.5, 0.6) is 5.75 Å². The number of hydrogen-bond donors (Lipinski definition) is 3. The van der Waals surface area contributed by atoms with Gasteiger partial charge in [0.25, 0.3) is 11.5 Å². The number of nitrogens with zero attached hydrogens (tertiary/aromatic N) is 3. The van der Waals surface area contributed by atoms with Crippen LogP contribution in [0.1, 0.15) is 69.5 Å². The lowest BCUT2D eigenvalue weighted by molar-refractivity contribution is -0.376.